The van der Waals surface area contributed by atoms with E-state index >= 15 is 0 Å². The average molecular weight is 443 g/mol. The smallest absolute Gasteiger partial charge is 0.208 e. The van der Waals surface area contributed by atoms with Crippen molar-refractivity contribution in [1.29, 1.82) is 0 Å². The summed E-state index contributed by atoms with van der Waals surface area (Å²) in [6.45, 7) is 0. The molecule has 32 heavy (non-hydrogen) atoms. The Labute approximate surface area is 184 Å². The molecule has 0 fully saturated rings. The number of nitrogens with zero attached hydrogens (tertiary/aromatic N) is 5. The molecular weight excluding hydrogens is 426 g/mol. The van der Waals surface area contributed by atoms with Crippen LogP contribution in [0.2, 0.25) is 0 Å². The predicted molar refractivity (Wildman–Crippen MR) is 118 cm³/mol. The Hall–Kier alpha value is -4.11. The number of methoxy groups -OCH3 is 1. The molecule has 0 aliphatic carbocycles. The summed E-state index contributed by atoms with van der Waals surface area (Å²) in [5.41, 5.74) is 2.63. The number of rotatable bonds is 5. The fourth-order valence-corrected chi connectivity index (χ4v) is 4.95. The summed E-state index contributed by atoms with van der Waals surface area (Å²) in [5, 5.41) is 12.9. The van der Waals surface area contributed by atoms with E-state index in [-0.39, 0.29) is 15.5 Å². The van der Waals surface area contributed by atoms with E-state index in [0.717, 1.165) is 5.56 Å². The Balaban J connectivity index is 1.82. The molecule has 0 atom stereocenters. The van der Waals surface area contributed by atoms with Gasteiger partial charge in [0.05, 0.1) is 35.5 Å². The summed E-state index contributed by atoms with van der Waals surface area (Å²) in [4.78, 5) is 4.42. The Bertz CT molecular complexity index is 1530. The van der Waals surface area contributed by atoms with E-state index in [4.69, 9.17) is 4.74 Å². The topological polar surface area (TPSA) is 99.3 Å². The van der Waals surface area contributed by atoms with Crippen molar-refractivity contribution in [2.24, 2.45) is 0 Å². The summed E-state index contributed by atoms with van der Waals surface area (Å²) in [5.74, 6) is 0.653. The SMILES string of the molecule is COc1cccc(-c2nn3ccncc3c2-c2nnccc2S(=O)(=O)c2ccccc2)c1. The summed E-state index contributed by atoms with van der Waals surface area (Å²) in [6, 6.07) is 17.1. The third-order valence-electron chi connectivity index (χ3n) is 5.04. The minimum Gasteiger partial charge on any atom is -0.497 e. The third-order valence-corrected chi connectivity index (χ3v) is 6.85. The molecule has 8 nitrogen and oxygen atoms in total. The number of hydrogen-bond donors (Lipinski definition) is 0. The number of fused-ring (bicyclic) bond motifs is 1. The van der Waals surface area contributed by atoms with Crippen LogP contribution in [0, 0.1) is 0 Å². The summed E-state index contributed by atoms with van der Waals surface area (Å²) >= 11 is 0. The fourth-order valence-electron chi connectivity index (χ4n) is 3.54. The van der Waals surface area contributed by atoms with Crippen LogP contribution in [0.3, 0.4) is 0 Å². The first-order chi connectivity index (χ1) is 15.6. The normalized spacial score (nSPS) is 11.5. The van der Waals surface area contributed by atoms with Crippen LogP contribution in [0.5, 0.6) is 5.75 Å². The van der Waals surface area contributed by atoms with Crippen molar-refractivity contribution in [3.8, 4) is 28.3 Å². The standard InChI is InChI=1S/C23H17N5O3S/c1-31-17-7-5-6-16(14-17)22-21(19-15-24-12-13-28(19)27-22)23-20(10-11-25-26-23)32(29,30)18-8-3-2-4-9-18/h2-15H,1H3. The number of ether oxygens (including phenoxy) is 1. The maximum Gasteiger partial charge on any atom is 0.208 e. The Kier molecular flexibility index (Phi) is 4.87. The average Bonchev–Trinajstić information content (AvgIpc) is 3.24. The largest absolute Gasteiger partial charge is 0.497 e. The summed E-state index contributed by atoms with van der Waals surface area (Å²) in [7, 11) is -2.28. The van der Waals surface area contributed by atoms with Crippen molar-refractivity contribution in [2.45, 2.75) is 9.79 Å². The van der Waals surface area contributed by atoms with Crippen LogP contribution in [0.15, 0.2) is 95.2 Å². The lowest BCUT2D eigenvalue weighted by Gasteiger charge is -2.10. The van der Waals surface area contributed by atoms with Crippen molar-refractivity contribution in [3.05, 3.63) is 85.5 Å². The molecule has 0 saturated heterocycles. The molecule has 9 heteroatoms. The van der Waals surface area contributed by atoms with Crippen molar-refractivity contribution >= 4 is 15.4 Å². The van der Waals surface area contributed by atoms with E-state index in [9.17, 15) is 8.42 Å². The van der Waals surface area contributed by atoms with E-state index < -0.39 is 9.84 Å². The van der Waals surface area contributed by atoms with Gasteiger partial charge in [0.25, 0.3) is 0 Å². The molecule has 0 bridgehead atoms. The van der Waals surface area contributed by atoms with E-state index in [0.29, 0.717) is 22.5 Å². The minimum absolute atomic E-state index is 0.0431. The van der Waals surface area contributed by atoms with Crippen LogP contribution in [0.1, 0.15) is 0 Å². The zero-order valence-electron chi connectivity index (χ0n) is 17.0. The van der Waals surface area contributed by atoms with Crippen LogP contribution in [-0.2, 0) is 9.84 Å². The number of sulfone groups is 1. The highest BCUT2D eigenvalue weighted by molar-refractivity contribution is 7.91. The van der Waals surface area contributed by atoms with Gasteiger partial charge in [-0.3, -0.25) is 4.98 Å². The predicted octanol–water partition coefficient (Wildman–Crippen LogP) is 3.69. The molecule has 5 rings (SSSR count). The Morgan fingerprint density at radius 3 is 2.59 bits per heavy atom. The second-order valence-electron chi connectivity index (χ2n) is 6.92. The summed E-state index contributed by atoms with van der Waals surface area (Å²) in [6.07, 6.45) is 6.30. The first-order valence-electron chi connectivity index (χ1n) is 9.68. The zero-order chi connectivity index (χ0) is 22.1. The van der Waals surface area contributed by atoms with Crippen LogP contribution in [-0.4, -0.2) is 40.3 Å². The molecule has 0 amide bonds. The lowest BCUT2D eigenvalue weighted by molar-refractivity contribution is 0.415. The van der Waals surface area contributed by atoms with Crippen LogP contribution < -0.4 is 4.74 Å². The lowest BCUT2D eigenvalue weighted by Crippen LogP contribution is -2.06. The highest BCUT2D eigenvalue weighted by Gasteiger charge is 2.28. The number of hydrogen-bond acceptors (Lipinski definition) is 7. The zero-order valence-corrected chi connectivity index (χ0v) is 17.8. The maximum atomic E-state index is 13.5. The van der Waals surface area contributed by atoms with Gasteiger partial charge in [-0.2, -0.15) is 10.2 Å². The van der Waals surface area contributed by atoms with Crippen molar-refractivity contribution < 1.29 is 13.2 Å². The van der Waals surface area contributed by atoms with E-state index in [1.807, 2.05) is 24.3 Å². The first-order valence-corrected chi connectivity index (χ1v) is 11.2. The van der Waals surface area contributed by atoms with Gasteiger partial charge in [0.1, 0.15) is 22.0 Å². The second kappa shape index (κ2) is 7.86. The van der Waals surface area contributed by atoms with Gasteiger partial charge in [0, 0.05) is 18.0 Å². The van der Waals surface area contributed by atoms with Gasteiger partial charge >= 0.3 is 0 Å². The minimum atomic E-state index is -3.86. The highest BCUT2D eigenvalue weighted by atomic mass is 32.2. The molecule has 0 spiro atoms. The lowest BCUT2D eigenvalue weighted by atomic mass is 10.0. The molecule has 3 aromatic heterocycles. The molecule has 0 saturated carbocycles. The van der Waals surface area contributed by atoms with Gasteiger partial charge in [-0.05, 0) is 30.3 Å². The Morgan fingerprint density at radius 2 is 1.78 bits per heavy atom. The van der Waals surface area contributed by atoms with Gasteiger partial charge in [-0.25, -0.2) is 12.9 Å². The molecule has 0 radical (unpaired) electrons. The van der Waals surface area contributed by atoms with E-state index in [1.54, 1.807) is 60.5 Å². The first kappa shape index (κ1) is 19.8. The molecule has 0 aliphatic heterocycles. The van der Waals surface area contributed by atoms with Crippen LogP contribution in [0.4, 0.5) is 0 Å². The van der Waals surface area contributed by atoms with Crippen LogP contribution >= 0.6 is 0 Å². The fraction of sp³-hybridized carbons (Fsp3) is 0.0435. The molecule has 0 aliphatic rings. The summed E-state index contributed by atoms with van der Waals surface area (Å²) < 4.78 is 34.0. The number of benzene rings is 2. The molecule has 5 aromatic rings. The second-order valence-corrected chi connectivity index (χ2v) is 8.84. The molecule has 158 valence electrons. The van der Waals surface area contributed by atoms with E-state index in [2.05, 4.69) is 20.3 Å². The molecule has 3 heterocycles. The van der Waals surface area contributed by atoms with E-state index in [1.165, 1.54) is 12.3 Å². The van der Waals surface area contributed by atoms with Gasteiger partial charge in [0.15, 0.2) is 0 Å². The van der Waals surface area contributed by atoms with Crippen molar-refractivity contribution in [1.82, 2.24) is 24.8 Å². The van der Waals surface area contributed by atoms with Gasteiger partial charge < -0.3 is 4.74 Å². The van der Waals surface area contributed by atoms with Crippen molar-refractivity contribution in [2.75, 3.05) is 7.11 Å². The number of aromatic nitrogens is 5. The molecule has 0 N–H and O–H groups in total. The quantitative estimate of drug-likeness (QED) is 0.408. The third kappa shape index (κ3) is 3.28. The van der Waals surface area contributed by atoms with Gasteiger partial charge in [0.2, 0.25) is 9.84 Å². The van der Waals surface area contributed by atoms with Gasteiger partial charge in [-0.15, -0.1) is 5.10 Å². The van der Waals surface area contributed by atoms with Crippen LogP contribution in [0.25, 0.3) is 28.0 Å². The molecular formula is C23H17N5O3S. The van der Waals surface area contributed by atoms with Gasteiger partial charge in [-0.1, -0.05) is 30.3 Å². The monoisotopic (exact) mass is 443 g/mol. The highest BCUT2D eigenvalue weighted by Crippen LogP contribution is 2.38. The maximum absolute atomic E-state index is 13.5. The molecule has 0 unspecified atom stereocenters. The Morgan fingerprint density at radius 1 is 0.938 bits per heavy atom. The van der Waals surface area contributed by atoms with Crippen molar-refractivity contribution in [3.63, 3.8) is 0 Å². The molecule has 2 aromatic carbocycles.